The summed E-state index contributed by atoms with van der Waals surface area (Å²) < 4.78 is 4.86. The molecule has 114 valence electrons. The number of amides is 1. The van der Waals surface area contributed by atoms with Crippen LogP contribution in [0.1, 0.15) is 25.7 Å². The smallest absolute Gasteiger partial charge is 0.414 e. The van der Waals surface area contributed by atoms with E-state index in [0.29, 0.717) is 25.3 Å². The van der Waals surface area contributed by atoms with Gasteiger partial charge in [-0.25, -0.2) is 4.79 Å². The molecular weight excluding hydrogens is 270 g/mol. The van der Waals surface area contributed by atoms with Crippen molar-refractivity contribution in [2.45, 2.75) is 25.7 Å². The fraction of sp³-hybridized carbons (Fsp3) is 0.500. The molecule has 2 rings (SSSR count). The van der Waals surface area contributed by atoms with Crippen molar-refractivity contribution < 1.29 is 19.4 Å². The normalized spacial score (nSPS) is 21.6. The van der Waals surface area contributed by atoms with E-state index in [1.807, 2.05) is 30.3 Å². The predicted molar refractivity (Wildman–Crippen MR) is 79.3 cm³/mol. The molecule has 1 N–H and O–H groups in total. The van der Waals surface area contributed by atoms with Crippen LogP contribution in [0.5, 0.6) is 0 Å². The van der Waals surface area contributed by atoms with Gasteiger partial charge >= 0.3 is 12.1 Å². The van der Waals surface area contributed by atoms with E-state index in [4.69, 9.17) is 9.84 Å². The molecule has 0 spiro atoms. The molecule has 0 bridgehead atoms. The third kappa shape index (κ3) is 3.97. The summed E-state index contributed by atoms with van der Waals surface area (Å²) in [6.07, 6.45) is 2.66. The van der Waals surface area contributed by atoms with Crippen molar-refractivity contribution in [1.82, 2.24) is 0 Å². The molecule has 1 aliphatic rings. The lowest BCUT2D eigenvalue weighted by molar-refractivity contribution is -0.143. The largest absolute Gasteiger partial charge is 0.481 e. The van der Waals surface area contributed by atoms with Crippen molar-refractivity contribution in [3.8, 4) is 0 Å². The third-order valence-corrected chi connectivity index (χ3v) is 4.10. The zero-order valence-electron chi connectivity index (χ0n) is 12.2. The summed E-state index contributed by atoms with van der Waals surface area (Å²) in [5.41, 5.74) is 0.810. The number of methoxy groups -OCH3 is 1. The molecule has 0 aliphatic heterocycles. The maximum Gasteiger partial charge on any atom is 0.414 e. The number of nitrogens with zero attached hydrogens (tertiary/aromatic N) is 1. The lowest BCUT2D eigenvalue weighted by Gasteiger charge is -2.30. The van der Waals surface area contributed by atoms with Gasteiger partial charge in [0.2, 0.25) is 0 Å². The number of anilines is 1. The van der Waals surface area contributed by atoms with Crippen molar-refractivity contribution in [2.75, 3.05) is 18.6 Å². The van der Waals surface area contributed by atoms with E-state index < -0.39 is 5.97 Å². The first-order valence-electron chi connectivity index (χ1n) is 7.25. The number of benzene rings is 1. The summed E-state index contributed by atoms with van der Waals surface area (Å²) in [5.74, 6) is -0.620. The first kappa shape index (κ1) is 15.4. The van der Waals surface area contributed by atoms with Crippen LogP contribution in [0, 0.1) is 11.8 Å². The third-order valence-electron chi connectivity index (χ3n) is 4.10. The second kappa shape index (κ2) is 7.11. The number of rotatable bonds is 4. The lowest BCUT2D eigenvalue weighted by atomic mass is 9.82. The Bertz CT molecular complexity index is 480. The summed E-state index contributed by atoms with van der Waals surface area (Å²) in [6.45, 7) is 0.572. The minimum atomic E-state index is -0.707. The van der Waals surface area contributed by atoms with E-state index in [9.17, 15) is 9.59 Å². The molecule has 0 unspecified atom stereocenters. The number of carboxylic acids is 1. The molecule has 5 heteroatoms. The van der Waals surface area contributed by atoms with E-state index in [0.717, 1.165) is 18.5 Å². The summed E-state index contributed by atoms with van der Waals surface area (Å²) in [4.78, 5) is 24.6. The minimum Gasteiger partial charge on any atom is -0.481 e. The fourth-order valence-electron chi connectivity index (χ4n) is 2.85. The second-order valence-electron chi connectivity index (χ2n) is 5.47. The van der Waals surface area contributed by atoms with Gasteiger partial charge in [0, 0.05) is 12.2 Å². The minimum absolute atomic E-state index is 0.232. The average molecular weight is 291 g/mol. The van der Waals surface area contributed by atoms with Crippen LogP contribution >= 0.6 is 0 Å². The molecule has 1 amide bonds. The number of carboxylic acid groups (broad SMARTS) is 1. The van der Waals surface area contributed by atoms with Crippen molar-refractivity contribution in [2.24, 2.45) is 11.8 Å². The second-order valence-corrected chi connectivity index (χ2v) is 5.47. The predicted octanol–water partition coefficient (Wildman–Crippen LogP) is 3.15. The molecule has 0 saturated heterocycles. The van der Waals surface area contributed by atoms with Gasteiger partial charge in [-0.1, -0.05) is 18.2 Å². The monoisotopic (exact) mass is 291 g/mol. The van der Waals surface area contributed by atoms with E-state index >= 15 is 0 Å². The molecule has 0 aromatic heterocycles. The van der Waals surface area contributed by atoms with Gasteiger partial charge in [0.15, 0.2) is 0 Å². The van der Waals surface area contributed by atoms with Crippen LogP contribution < -0.4 is 4.90 Å². The Kier molecular flexibility index (Phi) is 5.20. The fourth-order valence-corrected chi connectivity index (χ4v) is 2.85. The van der Waals surface area contributed by atoms with Gasteiger partial charge in [0.05, 0.1) is 13.0 Å². The van der Waals surface area contributed by atoms with Gasteiger partial charge in [0.1, 0.15) is 0 Å². The Hall–Kier alpha value is -2.04. The number of para-hydroxylation sites is 1. The van der Waals surface area contributed by atoms with E-state index in [1.165, 1.54) is 7.11 Å². The number of hydrogen-bond acceptors (Lipinski definition) is 3. The number of carbonyl (C=O) groups is 2. The van der Waals surface area contributed by atoms with Crippen LogP contribution in [-0.2, 0) is 9.53 Å². The highest BCUT2D eigenvalue weighted by Crippen LogP contribution is 2.30. The molecule has 0 radical (unpaired) electrons. The molecule has 1 aromatic carbocycles. The van der Waals surface area contributed by atoms with Crippen LogP contribution in [0.3, 0.4) is 0 Å². The number of carbonyl (C=O) groups excluding carboxylic acids is 1. The Morgan fingerprint density at radius 1 is 1.19 bits per heavy atom. The van der Waals surface area contributed by atoms with Gasteiger partial charge in [-0.2, -0.15) is 0 Å². The van der Waals surface area contributed by atoms with Crippen LogP contribution in [0.4, 0.5) is 10.5 Å². The Morgan fingerprint density at radius 2 is 1.81 bits per heavy atom. The highest BCUT2D eigenvalue weighted by Gasteiger charge is 2.28. The summed E-state index contributed by atoms with van der Waals surface area (Å²) >= 11 is 0. The van der Waals surface area contributed by atoms with Crippen LogP contribution in [0.25, 0.3) is 0 Å². The maximum atomic E-state index is 12.0. The number of aliphatic carboxylic acids is 1. The number of ether oxygens (including phenoxy) is 1. The first-order valence-corrected chi connectivity index (χ1v) is 7.25. The van der Waals surface area contributed by atoms with E-state index in [-0.39, 0.29) is 12.0 Å². The van der Waals surface area contributed by atoms with Crippen LogP contribution in [-0.4, -0.2) is 30.8 Å². The molecular formula is C16H21NO4. The summed E-state index contributed by atoms with van der Waals surface area (Å²) in [5, 5.41) is 9.03. The highest BCUT2D eigenvalue weighted by molar-refractivity contribution is 5.87. The molecule has 5 nitrogen and oxygen atoms in total. The van der Waals surface area contributed by atoms with Gasteiger partial charge in [0.25, 0.3) is 0 Å². The lowest BCUT2D eigenvalue weighted by Crippen LogP contribution is -2.37. The molecule has 1 aliphatic carbocycles. The van der Waals surface area contributed by atoms with Gasteiger partial charge in [-0.3, -0.25) is 9.69 Å². The molecule has 21 heavy (non-hydrogen) atoms. The van der Waals surface area contributed by atoms with Gasteiger partial charge in [-0.15, -0.1) is 0 Å². The molecule has 1 aromatic rings. The van der Waals surface area contributed by atoms with Crippen molar-refractivity contribution in [3.63, 3.8) is 0 Å². The first-order chi connectivity index (χ1) is 10.1. The Morgan fingerprint density at radius 3 is 2.33 bits per heavy atom. The Balaban J connectivity index is 2.00. The van der Waals surface area contributed by atoms with Crippen molar-refractivity contribution in [1.29, 1.82) is 0 Å². The SMILES string of the molecule is COC(=O)N(CC1CCC(C(=O)O)CC1)c1ccccc1. The zero-order valence-corrected chi connectivity index (χ0v) is 12.2. The maximum absolute atomic E-state index is 12.0. The molecule has 1 fully saturated rings. The molecule has 0 atom stereocenters. The summed E-state index contributed by atoms with van der Waals surface area (Å²) in [6, 6.07) is 9.41. The van der Waals surface area contributed by atoms with Gasteiger partial charge < -0.3 is 9.84 Å². The topological polar surface area (TPSA) is 66.8 Å². The van der Waals surface area contributed by atoms with E-state index in [1.54, 1.807) is 4.90 Å². The zero-order chi connectivity index (χ0) is 15.2. The van der Waals surface area contributed by atoms with Crippen LogP contribution in [0.15, 0.2) is 30.3 Å². The van der Waals surface area contributed by atoms with Crippen molar-refractivity contribution >= 4 is 17.7 Å². The Labute approximate surface area is 124 Å². The average Bonchev–Trinajstić information content (AvgIpc) is 2.53. The number of hydrogen-bond donors (Lipinski definition) is 1. The van der Waals surface area contributed by atoms with Crippen molar-refractivity contribution in [3.05, 3.63) is 30.3 Å². The molecule has 0 heterocycles. The van der Waals surface area contributed by atoms with E-state index in [2.05, 4.69) is 0 Å². The quantitative estimate of drug-likeness (QED) is 0.925. The highest BCUT2D eigenvalue weighted by atomic mass is 16.5. The van der Waals surface area contributed by atoms with Crippen LogP contribution in [0.2, 0.25) is 0 Å². The molecule has 1 saturated carbocycles. The standard InChI is InChI=1S/C16H21NO4/c1-21-16(20)17(14-5-3-2-4-6-14)11-12-7-9-13(10-8-12)15(18)19/h2-6,12-13H,7-11H2,1H3,(H,18,19). The van der Waals surface area contributed by atoms with Gasteiger partial charge in [-0.05, 0) is 43.7 Å². The summed E-state index contributed by atoms with van der Waals surface area (Å²) in [7, 11) is 1.37.